The fourth-order valence-electron chi connectivity index (χ4n) is 2.35. The van der Waals surface area contributed by atoms with Gasteiger partial charge in [-0.05, 0) is 25.7 Å². The summed E-state index contributed by atoms with van der Waals surface area (Å²) in [6.45, 7) is 0. The van der Waals surface area contributed by atoms with E-state index in [2.05, 4.69) is 5.10 Å². The Morgan fingerprint density at radius 2 is 2.19 bits per heavy atom. The van der Waals surface area contributed by atoms with Crippen LogP contribution in [-0.4, -0.2) is 28.3 Å². The number of carbonyl (C=O) groups is 1. The summed E-state index contributed by atoms with van der Waals surface area (Å²) in [5.74, 6) is -0.0440. The highest BCUT2D eigenvalue weighted by molar-refractivity contribution is 6.34. The molecule has 0 atom stereocenters. The van der Waals surface area contributed by atoms with Crippen molar-refractivity contribution >= 4 is 17.4 Å². The van der Waals surface area contributed by atoms with Crippen molar-refractivity contribution in [2.24, 2.45) is 7.05 Å². The van der Waals surface area contributed by atoms with Crippen LogP contribution in [0.15, 0.2) is 6.20 Å². The van der Waals surface area contributed by atoms with Crippen molar-refractivity contribution < 1.29 is 9.53 Å². The van der Waals surface area contributed by atoms with E-state index < -0.39 is 5.60 Å². The topological polar surface area (TPSA) is 44.1 Å². The van der Waals surface area contributed by atoms with Gasteiger partial charge in [-0.3, -0.25) is 9.48 Å². The summed E-state index contributed by atoms with van der Waals surface area (Å²) in [5, 5.41) is 4.38. The summed E-state index contributed by atoms with van der Waals surface area (Å²) in [6.07, 6.45) is 5.07. The minimum Gasteiger partial charge on any atom is -0.370 e. The average Bonchev–Trinajstić information content (AvgIpc) is 2.86. The normalized spacial score (nSPS) is 18.9. The zero-order valence-corrected chi connectivity index (χ0v) is 10.3. The molecule has 1 aromatic rings. The number of ether oxygens (including phenoxy) is 1. The highest BCUT2D eigenvalue weighted by atomic mass is 35.5. The molecule has 2 rings (SSSR count). The number of nitrogens with zero attached hydrogens (tertiary/aromatic N) is 2. The molecule has 0 spiro atoms. The lowest BCUT2D eigenvalue weighted by Gasteiger charge is -2.25. The molecule has 4 nitrogen and oxygen atoms in total. The number of Topliss-reactive ketones (excluding diaryl/α,β-unsaturated/α-hetero) is 1. The molecule has 0 radical (unpaired) electrons. The van der Waals surface area contributed by atoms with Crippen LogP contribution in [0, 0.1) is 0 Å². The van der Waals surface area contributed by atoms with Gasteiger partial charge in [0.25, 0.3) is 0 Å². The van der Waals surface area contributed by atoms with Gasteiger partial charge in [-0.2, -0.15) is 5.10 Å². The Labute approximate surface area is 99.5 Å². The quantitative estimate of drug-likeness (QED) is 0.764. The van der Waals surface area contributed by atoms with Gasteiger partial charge in [-0.15, -0.1) is 0 Å². The largest absolute Gasteiger partial charge is 0.370 e. The van der Waals surface area contributed by atoms with Gasteiger partial charge in [0.15, 0.2) is 0 Å². The average molecular weight is 243 g/mol. The van der Waals surface area contributed by atoms with Crippen molar-refractivity contribution in [3.63, 3.8) is 0 Å². The molecule has 1 aliphatic rings. The summed E-state index contributed by atoms with van der Waals surface area (Å²) >= 11 is 5.98. The standard InChI is InChI=1S/C11H15ClN2O2/c1-14-9(8(12)7-13-14)10(15)11(16-2)5-3-4-6-11/h7H,3-6H2,1-2H3. The molecule has 1 fully saturated rings. The Kier molecular flexibility index (Phi) is 3.04. The first-order valence-electron chi connectivity index (χ1n) is 5.38. The van der Waals surface area contributed by atoms with Crippen molar-refractivity contribution in [3.8, 4) is 0 Å². The number of aryl methyl sites for hydroxylation is 1. The SMILES string of the molecule is COC1(C(=O)c2c(Cl)cnn2C)CCCC1. The molecular formula is C11H15ClN2O2. The third-order valence-electron chi connectivity index (χ3n) is 3.32. The van der Waals surface area contributed by atoms with Crippen LogP contribution in [-0.2, 0) is 11.8 Å². The van der Waals surface area contributed by atoms with Crippen molar-refractivity contribution in [2.45, 2.75) is 31.3 Å². The molecule has 0 N–H and O–H groups in total. The zero-order valence-electron chi connectivity index (χ0n) is 9.49. The highest BCUT2D eigenvalue weighted by Gasteiger charge is 2.43. The number of carbonyl (C=O) groups excluding carboxylic acids is 1. The number of halogens is 1. The fourth-order valence-corrected chi connectivity index (χ4v) is 2.60. The van der Waals surface area contributed by atoms with Crippen molar-refractivity contribution in [3.05, 3.63) is 16.9 Å². The summed E-state index contributed by atoms with van der Waals surface area (Å²) < 4.78 is 6.96. The third kappa shape index (κ3) is 1.66. The summed E-state index contributed by atoms with van der Waals surface area (Å²) in [5.41, 5.74) is -0.234. The lowest BCUT2D eigenvalue weighted by molar-refractivity contribution is 0.00525. The van der Waals surface area contributed by atoms with E-state index in [1.54, 1.807) is 14.2 Å². The molecule has 0 aromatic carbocycles. The van der Waals surface area contributed by atoms with Gasteiger partial charge >= 0.3 is 0 Å². The van der Waals surface area contributed by atoms with Crippen LogP contribution in [0.4, 0.5) is 0 Å². The molecule has 1 saturated carbocycles. The monoisotopic (exact) mass is 242 g/mol. The van der Waals surface area contributed by atoms with E-state index in [9.17, 15) is 4.79 Å². The Morgan fingerprint density at radius 1 is 1.56 bits per heavy atom. The first kappa shape index (κ1) is 11.6. The minimum atomic E-state index is -0.683. The van der Waals surface area contributed by atoms with Gasteiger partial charge in [-0.25, -0.2) is 0 Å². The van der Waals surface area contributed by atoms with Crippen LogP contribution in [0.5, 0.6) is 0 Å². The Balaban J connectivity index is 2.38. The molecule has 0 amide bonds. The van der Waals surface area contributed by atoms with E-state index in [1.807, 2.05) is 0 Å². The maximum Gasteiger partial charge on any atom is 0.214 e. The molecule has 88 valence electrons. The predicted molar refractivity (Wildman–Crippen MR) is 60.8 cm³/mol. The molecule has 1 aliphatic carbocycles. The van der Waals surface area contributed by atoms with Gasteiger partial charge in [0.1, 0.15) is 11.3 Å². The van der Waals surface area contributed by atoms with Crippen LogP contribution in [0.2, 0.25) is 5.02 Å². The molecule has 0 unspecified atom stereocenters. The minimum absolute atomic E-state index is 0.0440. The van der Waals surface area contributed by atoms with Crippen LogP contribution in [0.25, 0.3) is 0 Å². The van der Waals surface area contributed by atoms with E-state index in [-0.39, 0.29) is 5.78 Å². The number of ketones is 1. The highest BCUT2D eigenvalue weighted by Crippen LogP contribution is 2.36. The molecular weight excluding hydrogens is 228 g/mol. The van der Waals surface area contributed by atoms with E-state index in [0.717, 1.165) is 25.7 Å². The fraction of sp³-hybridized carbons (Fsp3) is 0.636. The summed E-state index contributed by atoms with van der Waals surface area (Å²) in [6, 6.07) is 0. The van der Waals surface area contributed by atoms with Crippen molar-refractivity contribution in [1.82, 2.24) is 9.78 Å². The number of aromatic nitrogens is 2. The van der Waals surface area contributed by atoms with Crippen LogP contribution in [0.3, 0.4) is 0 Å². The van der Waals surface area contributed by atoms with E-state index in [4.69, 9.17) is 16.3 Å². The second-order valence-electron chi connectivity index (χ2n) is 4.20. The number of rotatable bonds is 3. The van der Waals surface area contributed by atoms with Crippen LogP contribution < -0.4 is 0 Å². The van der Waals surface area contributed by atoms with Gasteiger partial charge in [0.2, 0.25) is 5.78 Å². The smallest absolute Gasteiger partial charge is 0.214 e. The zero-order chi connectivity index (χ0) is 11.8. The van der Waals surface area contributed by atoms with Crippen molar-refractivity contribution in [2.75, 3.05) is 7.11 Å². The lowest BCUT2D eigenvalue weighted by Crippen LogP contribution is -2.39. The maximum absolute atomic E-state index is 12.4. The summed E-state index contributed by atoms with van der Waals surface area (Å²) in [7, 11) is 3.31. The molecule has 5 heteroatoms. The number of methoxy groups -OCH3 is 1. The Bertz CT molecular complexity index is 389. The first-order chi connectivity index (χ1) is 7.60. The lowest BCUT2D eigenvalue weighted by atomic mass is 9.94. The molecule has 1 heterocycles. The van der Waals surface area contributed by atoms with Gasteiger partial charge in [0, 0.05) is 14.2 Å². The molecule has 0 bridgehead atoms. The third-order valence-corrected chi connectivity index (χ3v) is 3.60. The first-order valence-corrected chi connectivity index (χ1v) is 5.76. The molecule has 0 aliphatic heterocycles. The van der Waals surface area contributed by atoms with Crippen LogP contribution >= 0.6 is 11.6 Å². The number of hydrogen-bond donors (Lipinski definition) is 0. The van der Waals surface area contributed by atoms with Crippen LogP contribution in [0.1, 0.15) is 36.2 Å². The Hall–Kier alpha value is -0.870. The molecule has 16 heavy (non-hydrogen) atoms. The van der Waals surface area contributed by atoms with E-state index in [1.165, 1.54) is 10.9 Å². The second kappa shape index (κ2) is 4.18. The Morgan fingerprint density at radius 3 is 2.62 bits per heavy atom. The second-order valence-corrected chi connectivity index (χ2v) is 4.61. The van der Waals surface area contributed by atoms with Gasteiger partial charge < -0.3 is 4.74 Å². The molecule has 0 saturated heterocycles. The summed E-state index contributed by atoms with van der Waals surface area (Å²) in [4.78, 5) is 12.4. The predicted octanol–water partition coefficient (Wildman–Crippen LogP) is 2.22. The number of hydrogen-bond acceptors (Lipinski definition) is 3. The van der Waals surface area contributed by atoms with E-state index >= 15 is 0 Å². The van der Waals surface area contributed by atoms with Gasteiger partial charge in [-0.1, -0.05) is 11.6 Å². The van der Waals surface area contributed by atoms with E-state index in [0.29, 0.717) is 10.7 Å². The van der Waals surface area contributed by atoms with Crippen molar-refractivity contribution in [1.29, 1.82) is 0 Å². The maximum atomic E-state index is 12.4. The van der Waals surface area contributed by atoms with Gasteiger partial charge in [0.05, 0.1) is 11.2 Å². The molecule has 1 aromatic heterocycles.